The number of hydrogen-bond donors (Lipinski definition) is 0. The number of nitrogens with zero attached hydrogens (tertiary/aromatic N) is 4. The molecule has 1 atom stereocenters. The summed E-state index contributed by atoms with van der Waals surface area (Å²) in [5, 5.41) is 0. The monoisotopic (exact) mass is 452 g/mol. The summed E-state index contributed by atoms with van der Waals surface area (Å²) in [6.07, 6.45) is 2.79. The van der Waals surface area contributed by atoms with Crippen molar-refractivity contribution < 1.29 is 17.9 Å². The highest BCUT2D eigenvalue weighted by Gasteiger charge is 2.43. The maximum atomic E-state index is 13.8. The van der Waals surface area contributed by atoms with Gasteiger partial charge in [-0.05, 0) is 65.5 Å². The molecule has 8 nitrogen and oxygen atoms in total. The number of carbonyl (C=O) groups is 1. The fourth-order valence-electron chi connectivity index (χ4n) is 4.59. The molecule has 2 fully saturated rings. The van der Waals surface area contributed by atoms with Gasteiger partial charge < -0.3 is 14.5 Å². The number of rotatable bonds is 7. The van der Waals surface area contributed by atoms with Gasteiger partial charge in [-0.2, -0.15) is 4.31 Å². The molecule has 2 aliphatic rings. The molecule has 0 radical (unpaired) electrons. The van der Waals surface area contributed by atoms with Gasteiger partial charge in [-0.25, -0.2) is 13.4 Å². The lowest BCUT2D eigenvalue weighted by atomic mass is 10.1. The lowest BCUT2D eigenvalue weighted by Crippen LogP contribution is -2.50. The summed E-state index contributed by atoms with van der Waals surface area (Å²) in [6, 6.07) is 2.90. The highest BCUT2D eigenvalue weighted by molar-refractivity contribution is 7.89. The molecule has 0 bridgehead atoms. The van der Waals surface area contributed by atoms with E-state index in [4.69, 9.17) is 4.74 Å². The zero-order chi connectivity index (χ0) is 22.8. The molecule has 174 valence electrons. The molecule has 0 N–H and O–H groups in total. The van der Waals surface area contributed by atoms with E-state index in [1.807, 2.05) is 32.6 Å². The van der Waals surface area contributed by atoms with E-state index in [1.54, 1.807) is 24.1 Å². The first kappa shape index (κ1) is 23.9. The number of anilines is 1. The Balaban J connectivity index is 1.93. The minimum Gasteiger partial charge on any atom is -0.381 e. The summed E-state index contributed by atoms with van der Waals surface area (Å²) < 4.78 is 34.4. The first-order chi connectivity index (χ1) is 14.7. The third-order valence-electron chi connectivity index (χ3n) is 6.38. The van der Waals surface area contributed by atoms with Crippen molar-refractivity contribution in [2.24, 2.45) is 0 Å². The molecule has 1 aromatic heterocycles. The van der Waals surface area contributed by atoms with Gasteiger partial charge in [0.15, 0.2) is 0 Å². The second-order valence-electron chi connectivity index (χ2n) is 8.72. The zero-order valence-electron chi connectivity index (χ0n) is 19.4. The van der Waals surface area contributed by atoms with E-state index in [9.17, 15) is 13.2 Å². The number of ether oxygens (including phenoxy) is 1. The second kappa shape index (κ2) is 9.83. The molecule has 31 heavy (non-hydrogen) atoms. The van der Waals surface area contributed by atoms with Gasteiger partial charge in [-0.15, -0.1) is 0 Å². The lowest BCUT2D eigenvalue weighted by Gasteiger charge is -2.35. The number of amides is 1. The zero-order valence-corrected chi connectivity index (χ0v) is 20.2. The molecule has 3 rings (SSSR count). The van der Waals surface area contributed by atoms with Crippen LogP contribution in [0.3, 0.4) is 0 Å². The first-order valence-corrected chi connectivity index (χ1v) is 12.7. The number of sulfonamides is 1. The molecule has 1 aromatic rings. The van der Waals surface area contributed by atoms with E-state index < -0.39 is 16.1 Å². The van der Waals surface area contributed by atoms with Gasteiger partial charge in [0.1, 0.15) is 16.8 Å². The number of hydrogen-bond acceptors (Lipinski definition) is 6. The maximum Gasteiger partial charge on any atom is 0.247 e. The molecule has 0 aromatic carbocycles. The van der Waals surface area contributed by atoms with E-state index >= 15 is 0 Å². The lowest BCUT2D eigenvalue weighted by molar-refractivity contribution is -0.137. The highest BCUT2D eigenvalue weighted by Crippen LogP contribution is 2.33. The quantitative estimate of drug-likeness (QED) is 0.632. The Morgan fingerprint density at radius 1 is 1.26 bits per heavy atom. The van der Waals surface area contributed by atoms with Crippen molar-refractivity contribution in [1.82, 2.24) is 14.2 Å². The molecule has 9 heteroatoms. The molecule has 0 unspecified atom stereocenters. The summed E-state index contributed by atoms with van der Waals surface area (Å²) in [5.74, 6) is 0.346. The standard InChI is InChI=1S/C22H36N4O4S/c1-6-25(16(2)3)21-20(10-9-17(4)23-21)31(28,29)26-13-7-8-19(26)22(27)24(5)18-11-14-30-15-12-18/h9-10,16,18-19H,6-8,11-15H2,1-5H3/t19-/m0/s1. The van der Waals surface area contributed by atoms with Crippen LogP contribution in [0.5, 0.6) is 0 Å². The minimum atomic E-state index is -3.88. The smallest absolute Gasteiger partial charge is 0.247 e. The topological polar surface area (TPSA) is 83.1 Å². The summed E-state index contributed by atoms with van der Waals surface area (Å²) in [4.78, 5) is 21.8. The minimum absolute atomic E-state index is 0.0968. The van der Waals surface area contributed by atoms with E-state index in [0.29, 0.717) is 45.0 Å². The van der Waals surface area contributed by atoms with Crippen molar-refractivity contribution in [3.63, 3.8) is 0 Å². The molecule has 0 spiro atoms. The summed E-state index contributed by atoms with van der Waals surface area (Å²) in [5.41, 5.74) is 0.765. The fraction of sp³-hybridized carbons (Fsp3) is 0.727. The van der Waals surface area contributed by atoms with Crippen LogP contribution in [0.2, 0.25) is 0 Å². The second-order valence-corrected chi connectivity index (χ2v) is 10.6. The Morgan fingerprint density at radius 2 is 1.94 bits per heavy atom. The van der Waals surface area contributed by atoms with Crippen LogP contribution in [0.1, 0.15) is 52.1 Å². The largest absolute Gasteiger partial charge is 0.381 e. The van der Waals surface area contributed by atoms with E-state index in [-0.39, 0.29) is 22.9 Å². The average Bonchev–Trinajstić information content (AvgIpc) is 3.24. The summed E-state index contributed by atoms with van der Waals surface area (Å²) >= 11 is 0. The van der Waals surface area contributed by atoms with Crippen molar-refractivity contribution in [1.29, 1.82) is 0 Å². The van der Waals surface area contributed by atoms with E-state index in [2.05, 4.69) is 4.98 Å². The molecule has 0 saturated carbocycles. The van der Waals surface area contributed by atoms with Crippen LogP contribution in [0.15, 0.2) is 17.0 Å². The maximum absolute atomic E-state index is 13.8. The predicted octanol–water partition coefficient (Wildman–Crippen LogP) is 2.42. The van der Waals surface area contributed by atoms with Crippen LogP contribution in [0.4, 0.5) is 5.82 Å². The van der Waals surface area contributed by atoms with Gasteiger partial charge in [0.2, 0.25) is 15.9 Å². The Labute approximate surface area is 186 Å². The number of carbonyl (C=O) groups excluding carboxylic acids is 1. The van der Waals surface area contributed by atoms with Gasteiger partial charge in [0.25, 0.3) is 0 Å². The van der Waals surface area contributed by atoms with Crippen molar-refractivity contribution in [2.75, 3.05) is 38.3 Å². The number of likely N-dealkylation sites (N-methyl/N-ethyl adjacent to an activating group) is 1. The number of pyridine rings is 1. The average molecular weight is 453 g/mol. The van der Waals surface area contributed by atoms with E-state index in [1.165, 1.54) is 4.31 Å². The summed E-state index contributed by atoms with van der Waals surface area (Å²) in [7, 11) is -2.09. The van der Waals surface area contributed by atoms with Crippen molar-refractivity contribution in [3.8, 4) is 0 Å². The molecule has 1 amide bonds. The molecule has 2 saturated heterocycles. The van der Waals surface area contributed by atoms with Crippen LogP contribution in [-0.4, -0.2) is 80.0 Å². The van der Waals surface area contributed by atoms with Gasteiger partial charge in [0.05, 0.1) is 0 Å². The van der Waals surface area contributed by atoms with Crippen LogP contribution in [0.25, 0.3) is 0 Å². The SMILES string of the molecule is CCN(c1nc(C)ccc1S(=O)(=O)N1CCC[C@H]1C(=O)N(C)C1CCOCC1)C(C)C. The highest BCUT2D eigenvalue weighted by atomic mass is 32.2. The Kier molecular flexibility index (Phi) is 7.59. The molecule has 0 aliphatic carbocycles. The van der Waals surface area contributed by atoms with E-state index in [0.717, 1.165) is 18.5 Å². The van der Waals surface area contributed by atoms with Crippen LogP contribution in [-0.2, 0) is 19.6 Å². The van der Waals surface area contributed by atoms with Crippen LogP contribution < -0.4 is 4.90 Å². The Bertz CT molecular complexity index is 883. The normalized spacial score (nSPS) is 20.9. The van der Waals surface area contributed by atoms with Gasteiger partial charge >= 0.3 is 0 Å². The molecular weight excluding hydrogens is 416 g/mol. The first-order valence-electron chi connectivity index (χ1n) is 11.3. The van der Waals surface area contributed by atoms with Crippen LogP contribution >= 0.6 is 0 Å². The molecule has 3 heterocycles. The summed E-state index contributed by atoms with van der Waals surface area (Å²) in [6.45, 7) is 10.2. The third-order valence-corrected chi connectivity index (χ3v) is 8.31. The Morgan fingerprint density at radius 3 is 2.55 bits per heavy atom. The van der Waals surface area contributed by atoms with Crippen molar-refractivity contribution in [2.45, 2.75) is 76.4 Å². The Hall–Kier alpha value is -1.71. The molecule has 2 aliphatic heterocycles. The van der Waals surface area contributed by atoms with Gasteiger partial charge in [-0.1, -0.05) is 0 Å². The van der Waals surface area contributed by atoms with Gasteiger partial charge in [0, 0.05) is 51.1 Å². The van der Waals surface area contributed by atoms with Crippen LogP contribution in [0, 0.1) is 6.92 Å². The fourth-order valence-corrected chi connectivity index (χ4v) is 6.37. The predicted molar refractivity (Wildman–Crippen MR) is 121 cm³/mol. The molecular formula is C22H36N4O4S. The van der Waals surface area contributed by atoms with Gasteiger partial charge in [-0.3, -0.25) is 4.79 Å². The van der Waals surface area contributed by atoms with Crippen molar-refractivity contribution in [3.05, 3.63) is 17.8 Å². The third kappa shape index (κ3) is 4.88. The number of aromatic nitrogens is 1. The number of aryl methyl sites for hydroxylation is 1. The van der Waals surface area contributed by atoms with Crippen molar-refractivity contribution >= 4 is 21.7 Å².